The number of thiazole rings is 1. The normalized spacial score (nSPS) is 26.3. The minimum Gasteiger partial charge on any atom is -0.462 e. The van der Waals surface area contributed by atoms with Gasteiger partial charge in [-0.3, -0.25) is 4.79 Å². The number of fused-ring (bicyclic) bond motifs is 3. The summed E-state index contributed by atoms with van der Waals surface area (Å²) in [5.41, 5.74) is 1.49. The highest BCUT2D eigenvalue weighted by molar-refractivity contribution is 7.89. The van der Waals surface area contributed by atoms with Crippen LogP contribution in [0, 0.1) is 29.4 Å². The molecule has 11 nitrogen and oxygen atoms in total. The minimum atomic E-state index is -4.20. The third-order valence-corrected chi connectivity index (χ3v) is 14.2. The number of halogens is 2. The lowest BCUT2D eigenvalue weighted by atomic mass is 9.89. The van der Waals surface area contributed by atoms with Crippen molar-refractivity contribution in [3.8, 4) is 0 Å². The van der Waals surface area contributed by atoms with Gasteiger partial charge in [-0.25, -0.2) is 22.2 Å². The van der Waals surface area contributed by atoms with E-state index in [-0.39, 0.29) is 55.0 Å². The number of carbonyl (C=O) groups excluding carboxylic acids is 1. The molecule has 4 aliphatic rings. The van der Waals surface area contributed by atoms with Crippen LogP contribution in [0.4, 0.5) is 8.78 Å². The molecule has 15 heteroatoms. The van der Waals surface area contributed by atoms with Crippen LogP contribution < -0.4 is 5.32 Å². The zero-order valence-electron chi connectivity index (χ0n) is 31.4. The average Bonchev–Trinajstić information content (AvgIpc) is 3.71. The number of aliphatic hydroxyl groups is 1. The molecule has 4 heterocycles. The second kappa shape index (κ2) is 18.3. The topological polar surface area (TPSA) is 137 Å². The fourth-order valence-corrected chi connectivity index (χ4v) is 11.1. The molecule has 0 bridgehead atoms. The van der Waals surface area contributed by atoms with Gasteiger partial charge in [-0.15, -0.1) is 11.3 Å². The average molecular weight is 806 g/mol. The monoisotopic (exact) mass is 805 g/mol. The molecule has 1 aromatic heterocycles. The Balaban J connectivity index is 1.16. The molecule has 6 atom stereocenters. The molecule has 3 fully saturated rings. The molecular formula is C40H53F2N3O8S2. The summed E-state index contributed by atoms with van der Waals surface area (Å²) in [5, 5.41) is 16.3. The Morgan fingerprint density at radius 2 is 1.84 bits per heavy atom. The summed E-state index contributed by atoms with van der Waals surface area (Å²) >= 11 is 1.51. The number of carbonyl (C=O) groups is 1. The summed E-state index contributed by atoms with van der Waals surface area (Å²) < 4.78 is 84.1. The molecular weight excluding hydrogens is 753 g/mol. The van der Waals surface area contributed by atoms with Crippen LogP contribution in [0.5, 0.6) is 0 Å². The van der Waals surface area contributed by atoms with Crippen molar-refractivity contribution in [2.24, 2.45) is 17.8 Å². The molecule has 0 radical (unpaired) electrons. The highest BCUT2D eigenvalue weighted by Crippen LogP contribution is 2.37. The van der Waals surface area contributed by atoms with Gasteiger partial charge in [-0.1, -0.05) is 26.2 Å². The van der Waals surface area contributed by atoms with Crippen molar-refractivity contribution in [1.82, 2.24) is 14.6 Å². The molecule has 0 unspecified atom stereocenters. The van der Waals surface area contributed by atoms with Gasteiger partial charge in [0, 0.05) is 50.6 Å². The lowest BCUT2D eigenvalue weighted by Gasteiger charge is -2.35. The summed E-state index contributed by atoms with van der Waals surface area (Å²) in [5.74, 6) is -2.70. The van der Waals surface area contributed by atoms with E-state index in [9.17, 15) is 27.1 Å². The first kappa shape index (κ1) is 40.6. The SMILES string of the molecule is CCN[C@H]1CO[C@@H]2OCC[C@H](OC(=O)C[C@@H](Cc3cc(F)cc(F)c3)[C@H](O)CN3CCCCCCCOCc4cc5nc(CC6CC6)sc5cc4S3(=O)=O)[C@@H]21. The van der Waals surface area contributed by atoms with Gasteiger partial charge in [0.2, 0.25) is 10.0 Å². The van der Waals surface area contributed by atoms with E-state index in [0.717, 1.165) is 65.5 Å². The highest BCUT2D eigenvalue weighted by atomic mass is 32.2. The number of benzene rings is 2. The molecule has 2 saturated heterocycles. The van der Waals surface area contributed by atoms with Gasteiger partial charge >= 0.3 is 5.97 Å². The van der Waals surface area contributed by atoms with Gasteiger partial charge in [0.05, 0.1) is 58.4 Å². The number of hydrogen-bond acceptors (Lipinski definition) is 11. The molecule has 0 amide bonds. The van der Waals surface area contributed by atoms with Crippen molar-refractivity contribution >= 4 is 37.5 Å². The van der Waals surface area contributed by atoms with Gasteiger partial charge in [0.25, 0.3) is 0 Å². The van der Waals surface area contributed by atoms with Gasteiger partial charge < -0.3 is 29.4 Å². The number of nitrogens with zero attached hydrogens (tertiary/aromatic N) is 2. The smallest absolute Gasteiger partial charge is 0.306 e. The third kappa shape index (κ3) is 10.3. The van der Waals surface area contributed by atoms with E-state index in [1.165, 1.54) is 28.5 Å². The number of nitrogens with one attached hydrogen (secondary N) is 1. The second-order valence-electron chi connectivity index (χ2n) is 15.5. The fraction of sp³-hybridized carbons (Fsp3) is 0.650. The third-order valence-electron chi connectivity index (χ3n) is 11.2. The lowest BCUT2D eigenvalue weighted by Crippen LogP contribution is -2.49. The number of esters is 1. The zero-order chi connectivity index (χ0) is 38.5. The number of sulfonamides is 1. The van der Waals surface area contributed by atoms with Gasteiger partial charge in [0.1, 0.15) is 17.7 Å². The Kier molecular flexibility index (Phi) is 13.5. The maximum absolute atomic E-state index is 14.8. The first-order chi connectivity index (χ1) is 26.6. The van der Waals surface area contributed by atoms with Crippen molar-refractivity contribution in [2.75, 3.05) is 39.5 Å². The van der Waals surface area contributed by atoms with Crippen LogP contribution in [-0.2, 0) is 53.2 Å². The molecule has 3 aliphatic heterocycles. The molecule has 2 N–H and O–H groups in total. The summed E-state index contributed by atoms with van der Waals surface area (Å²) in [6.07, 6.45) is 4.99. The summed E-state index contributed by atoms with van der Waals surface area (Å²) in [7, 11) is -4.20. The zero-order valence-corrected chi connectivity index (χ0v) is 33.1. The molecule has 1 saturated carbocycles. The molecule has 1 aliphatic carbocycles. The number of rotatable bonds is 12. The number of aliphatic hydroxyl groups excluding tert-OH is 1. The number of likely N-dealkylation sites (N-methyl/N-ethyl adjacent to an activating group) is 1. The van der Waals surface area contributed by atoms with Crippen LogP contribution >= 0.6 is 11.3 Å². The van der Waals surface area contributed by atoms with E-state index in [1.807, 2.05) is 13.0 Å². The van der Waals surface area contributed by atoms with E-state index in [2.05, 4.69) is 5.32 Å². The van der Waals surface area contributed by atoms with Crippen molar-refractivity contribution in [3.05, 3.63) is 58.1 Å². The quantitative estimate of drug-likeness (QED) is 0.214. The van der Waals surface area contributed by atoms with E-state index in [0.29, 0.717) is 50.7 Å². The molecule has 55 heavy (non-hydrogen) atoms. The molecule has 0 spiro atoms. The van der Waals surface area contributed by atoms with Crippen LogP contribution in [0.1, 0.15) is 80.8 Å². The Labute approximate surface area is 326 Å². The Morgan fingerprint density at radius 1 is 1.05 bits per heavy atom. The predicted octanol–water partition coefficient (Wildman–Crippen LogP) is 5.89. The summed E-state index contributed by atoms with van der Waals surface area (Å²) in [4.78, 5) is 18.7. The summed E-state index contributed by atoms with van der Waals surface area (Å²) in [6.45, 7) is 3.88. The van der Waals surface area contributed by atoms with Crippen LogP contribution in [0.3, 0.4) is 0 Å². The van der Waals surface area contributed by atoms with Gasteiger partial charge in [-0.05, 0) is 80.0 Å². The Hall–Kier alpha value is -2.63. The fourth-order valence-electron chi connectivity index (χ4n) is 8.16. The maximum Gasteiger partial charge on any atom is 0.306 e. The molecule has 302 valence electrons. The highest BCUT2D eigenvalue weighted by Gasteiger charge is 2.47. The number of aromatic nitrogens is 1. The first-order valence-electron chi connectivity index (χ1n) is 19.9. The Bertz CT molecular complexity index is 1870. The molecule has 2 aromatic carbocycles. The molecule has 7 rings (SSSR count). The number of hydrogen-bond donors (Lipinski definition) is 2. The Morgan fingerprint density at radius 3 is 2.62 bits per heavy atom. The van der Waals surface area contributed by atoms with Gasteiger partial charge in [0.15, 0.2) is 6.29 Å². The van der Waals surface area contributed by atoms with Crippen LogP contribution in [0.2, 0.25) is 0 Å². The van der Waals surface area contributed by atoms with Crippen molar-refractivity contribution in [1.29, 1.82) is 0 Å². The van der Waals surface area contributed by atoms with Crippen molar-refractivity contribution in [3.63, 3.8) is 0 Å². The number of ether oxygens (including phenoxy) is 4. The van der Waals surface area contributed by atoms with E-state index >= 15 is 0 Å². The minimum absolute atomic E-state index is 0.0718. The standard InChI is InChI=1S/C40H53F2N3O8S2/c1-2-43-32-24-52-40-39(32)34(10-13-51-40)53-38(47)19-27(14-26-15-29(41)20-30(42)16-26)33(46)22-45-11-6-4-3-5-7-12-50-23-28-18-31-35(21-36(28)55(45,48)49)54-37(44-31)17-25-8-9-25/h15-16,18,20-21,25,27,32-34,39-40,43,46H,2-14,17,19,22-24H2,1H3/t27-,32+,33-,34+,39+,40+/m1/s1. The maximum atomic E-state index is 14.8. The van der Waals surface area contributed by atoms with E-state index in [1.54, 1.807) is 6.07 Å². The largest absolute Gasteiger partial charge is 0.462 e. The number of β-amino-alcohol motifs (C(OH)–C–C–N with tert-alkyl or cyclic N) is 1. The summed E-state index contributed by atoms with van der Waals surface area (Å²) in [6, 6.07) is 6.53. The van der Waals surface area contributed by atoms with E-state index < -0.39 is 52.0 Å². The lowest BCUT2D eigenvalue weighted by molar-refractivity contribution is -0.196. The van der Waals surface area contributed by atoms with Crippen LogP contribution in [0.15, 0.2) is 35.2 Å². The van der Waals surface area contributed by atoms with Crippen LogP contribution in [-0.4, -0.2) is 92.8 Å². The predicted molar refractivity (Wildman–Crippen MR) is 203 cm³/mol. The molecule has 3 aromatic rings. The first-order valence-corrected chi connectivity index (χ1v) is 22.1. The van der Waals surface area contributed by atoms with Crippen LogP contribution in [0.25, 0.3) is 10.2 Å². The van der Waals surface area contributed by atoms with Crippen molar-refractivity contribution in [2.45, 2.75) is 114 Å². The van der Waals surface area contributed by atoms with E-state index in [4.69, 9.17) is 23.9 Å². The van der Waals surface area contributed by atoms with Crippen molar-refractivity contribution < 1.29 is 46.0 Å². The van der Waals surface area contributed by atoms with Gasteiger partial charge in [-0.2, -0.15) is 4.31 Å². The second-order valence-corrected chi connectivity index (χ2v) is 18.5.